The minimum absolute atomic E-state index is 0.0859. The molecule has 0 unspecified atom stereocenters. The number of hydrogen-bond acceptors (Lipinski definition) is 5. The summed E-state index contributed by atoms with van der Waals surface area (Å²) in [5.74, 6) is 1.47. The van der Waals surface area contributed by atoms with Gasteiger partial charge in [-0.3, -0.25) is 9.69 Å². The second-order valence-electron chi connectivity index (χ2n) is 7.54. The van der Waals surface area contributed by atoms with Gasteiger partial charge in [-0.25, -0.2) is 0 Å². The molecule has 26 heavy (non-hydrogen) atoms. The van der Waals surface area contributed by atoms with E-state index >= 15 is 0 Å². The first-order chi connectivity index (χ1) is 12.5. The third-order valence-electron chi connectivity index (χ3n) is 4.92. The first-order valence-electron chi connectivity index (χ1n) is 9.44. The van der Waals surface area contributed by atoms with Crippen molar-refractivity contribution in [3.63, 3.8) is 0 Å². The molecular formula is C20H28N4OS. The van der Waals surface area contributed by atoms with Crippen molar-refractivity contribution in [1.82, 2.24) is 19.8 Å². The third-order valence-corrected chi connectivity index (χ3v) is 5.69. The van der Waals surface area contributed by atoms with Gasteiger partial charge in [0.2, 0.25) is 0 Å². The summed E-state index contributed by atoms with van der Waals surface area (Å²) in [5.41, 5.74) is 3.21. The zero-order chi connectivity index (χ0) is 18.5. The summed E-state index contributed by atoms with van der Waals surface area (Å²) < 4.78 is 3.87. The van der Waals surface area contributed by atoms with E-state index in [1.165, 1.54) is 25.1 Å². The lowest BCUT2D eigenvalue weighted by Crippen LogP contribution is -2.38. The molecule has 6 heteroatoms. The summed E-state index contributed by atoms with van der Waals surface area (Å²) in [7, 11) is 0. The number of nitrogens with zero attached hydrogens (tertiary/aromatic N) is 3. The van der Waals surface area contributed by atoms with Crippen LogP contribution < -0.4 is 5.32 Å². The fraction of sp³-hybridized carbons (Fsp3) is 0.550. The second-order valence-corrected chi connectivity index (χ2v) is 8.30. The predicted octanol–water partition coefficient (Wildman–Crippen LogP) is 3.51. The molecule has 0 spiro atoms. The quantitative estimate of drug-likeness (QED) is 0.843. The van der Waals surface area contributed by atoms with Crippen molar-refractivity contribution < 1.29 is 4.79 Å². The van der Waals surface area contributed by atoms with E-state index in [1.807, 2.05) is 6.92 Å². The molecule has 2 heterocycles. The molecule has 0 radical (unpaired) electrons. The predicted molar refractivity (Wildman–Crippen MR) is 105 cm³/mol. The van der Waals surface area contributed by atoms with Crippen molar-refractivity contribution in [3.05, 3.63) is 46.0 Å². The summed E-state index contributed by atoms with van der Waals surface area (Å²) in [6.07, 6.45) is 2.06. The van der Waals surface area contributed by atoms with E-state index in [0.717, 1.165) is 47.6 Å². The van der Waals surface area contributed by atoms with Crippen molar-refractivity contribution in [2.45, 2.75) is 46.7 Å². The molecule has 0 bridgehead atoms. The average Bonchev–Trinajstić information content (AvgIpc) is 3.09. The zero-order valence-corrected chi connectivity index (χ0v) is 16.7. The van der Waals surface area contributed by atoms with Crippen molar-refractivity contribution in [2.24, 2.45) is 11.8 Å². The molecule has 1 N–H and O–H groups in total. The number of rotatable bonds is 6. The Hall–Kier alpha value is -1.79. The molecule has 1 aromatic carbocycles. The average molecular weight is 373 g/mol. The molecule has 2 aromatic rings. The molecule has 5 nitrogen and oxygen atoms in total. The number of carbonyl (C=O) groups excluding carboxylic acids is 1. The van der Waals surface area contributed by atoms with Gasteiger partial charge in [-0.05, 0) is 47.3 Å². The van der Waals surface area contributed by atoms with Gasteiger partial charge < -0.3 is 5.32 Å². The van der Waals surface area contributed by atoms with Crippen molar-refractivity contribution in [1.29, 1.82) is 0 Å². The van der Waals surface area contributed by atoms with E-state index in [0.29, 0.717) is 11.4 Å². The highest BCUT2D eigenvalue weighted by Gasteiger charge is 2.21. The van der Waals surface area contributed by atoms with Gasteiger partial charge in [0, 0.05) is 26.2 Å². The number of carbonyl (C=O) groups is 1. The number of benzene rings is 1. The minimum atomic E-state index is -0.0859. The molecule has 1 aliphatic heterocycles. The van der Waals surface area contributed by atoms with E-state index in [4.69, 9.17) is 0 Å². The number of hydrogen-bond donors (Lipinski definition) is 1. The molecule has 1 aliphatic rings. The number of aromatic nitrogens is 2. The van der Waals surface area contributed by atoms with E-state index < -0.39 is 0 Å². The zero-order valence-electron chi connectivity index (χ0n) is 15.9. The Morgan fingerprint density at radius 2 is 1.85 bits per heavy atom. The largest absolute Gasteiger partial charge is 0.347 e. The highest BCUT2D eigenvalue weighted by atomic mass is 32.1. The number of piperidine rings is 1. The molecule has 3 rings (SSSR count). The SMILES string of the molecule is CCc1nnsc1C(=O)NCc1ccc(CN2C[C@@H](C)C[C@H](C)C2)cc1. The molecule has 1 saturated heterocycles. The highest BCUT2D eigenvalue weighted by molar-refractivity contribution is 7.08. The van der Waals surface area contributed by atoms with Crippen LogP contribution in [0.15, 0.2) is 24.3 Å². The van der Waals surface area contributed by atoms with Crippen molar-refractivity contribution >= 4 is 17.4 Å². The summed E-state index contributed by atoms with van der Waals surface area (Å²) in [5, 5.41) is 6.96. The first-order valence-corrected chi connectivity index (χ1v) is 10.2. The van der Waals surface area contributed by atoms with Gasteiger partial charge >= 0.3 is 0 Å². The molecule has 1 aromatic heterocycles. The lowest BCUT2D eigenvalue weighted by molar-refractivity contribution is 0.0954. The van der Waals surface area contributed by atoms with Crippen LogP contribution in [0.3, 0.4) is 0 Å². The standard InChI is InChI=1S/C20H28N4OS/c1-4-18-19(26-23-22-18)20(25)21-10-16-5-7-17(8-6-16)13-24-11-14(2)9-15(3)12-24/h5-8,14-15H,4,9-13H2,1-3H3,(H,21,25)/t14-,15-/m0/s1. The third kappa shape index (κ3) is 4.89. The van der Waals surface area contributed by atoms with E-state index in [9.17, 15) is 4.79 Å². The molecule has 2 atom stereocenters. The van der Waals surface area contributed by atoms with Crippen LogP contribution in [0.4, 0.5) is 0 Å². The normalized spacial score (nSPS) is 20.9. The molecule has 0 saturated carbocycles. The second kappa shape index (κ2) is 8.73. The Balaban J connectivity index is 1.52. The minimum Gasteiger partial charge on any atom is -0.347 e. The Morgan fingerprint density at radius 3 is 2.50 bits per heavy atom. The number of aryl methyl sites for hydroxylation is 1. The van der Waals surface area contributed by atoms with Crippen LogP contribution in [0.25, 0.3) is 0 Å². The van der Waals surface area contributed by atoms with Gasteiger partial charge in [-0.1, -0.05) is 49.5 Å². The van der Waals surface area contributed by atoms with Crippen LogP contribution in [0.1, 0.15) is 53.7 Å². The Kier molecular flexibility index (Phi) is 6.38. The molecule has 1 fully saturated rings. The van der Waals surface area contributed by atoms with Gasteiger partial charge in [0.15, 0.2) is 0 Å². The summed E-state index contributed by atoms with van der Waals surface area (Å²) in [6, 6.07) is 8.57. The Bertz CT molecular complexity index is 718. The van der Waals surface area contributed by atoms with Crippen molar-refractivity contribution in [3.8, 4) is 0 Å². The molecule has 0 aliphatic carbocycles. The lowest BCUT2D eigenvalue weighted by Gasteiger charge is -2.35. The van der Waals surface area contributed by atoms with E-state index in [1.54, 1.807) is 0 Å². The maximum atomic E-state index is 12.3. The van der Waals surface area contributed by atoms with Gasteiger partial charge in [-0.15, -0.1) is 5.10 Å². The fourth-order valence-electron chi connectivity index (χ4n) is 3.82. The smallest absolute Gasteiger partial charge is 0.265 e. The lowest BCUT2D eigenvalue weighted by atomic mass is 9.91. The van der Waals surface area contributed by atoms with Gasteiger partial charge in [-0.2, -0.15) is 0 Å². The van der Waals surface area contributed by atoms with Gasteiger partial charge in [0.05, 0.1) is 5.69 Å². The van der Waals surface area contributed by atoms with Crippen LogP contribution >= 0.6 is 11.5 Å². The van der Waals surface area contributed by atoms with Crippen molar-refractivity contribution in [2.75, 3.05) is 13.1 Å². The first kappa shape index (κ1) is 19.0. The number of likely N-dealkylation sites (tertiary alicyclic amines) is 1. The maximum absolute atomic E-state index is 12.3. The van der Waals surface area contributed by atoms with Gasteiger partial charge in [0.25, 0.3) is 5.91 Å². The summed E-state index contributed by atoms with van der Waals surface area (Å²) >= 11 is 1.16. The van der Waals surface area contributed by atoms with E-state index in [-0.39, 0.29) is 5.91 Å². The van der Waals surface area contributed by atoms with Crippen LogP contribution in [0, 0.1) is 11.8 Å². The molecule has 140 valence electrons. The fourth-order valence-corrected chi connectivity index (χ4v) is 4.48. The van der Waals surface area contributed by atoms with Gasteiger partial charge in [0.1, 0.15) is 4.88 Å². The maximum Gasteiger partial charge on any atom is 0.265 e. The summed E-state index contributed by atoms with van der Waals surface area (Å²) in [4.78, 5) is 15.4. The Labute approximate surface area is 160 Å². The molecular weight excluding hydrogens is 344 g/mol. The summed E-state index contributed by atoms with van der Waals surface area (Å²) in [6.45, 7) is 10.6. The van der Waals surface area contributed by atoms with Crippen LogP contribution in [-0.2, 0) is 19.5 Å². The topological polar surface area (TPSA) is 58.1 Å². The van der Waals surface area contributed by atoms with E-state index in [2.05, 4.69) is 57.9 Å². The van der Waals surface area contributed by atoms with Crippen LogP contribution in [0.2, 0.25) is 0 Å². The van der Waals surface area contributed by atoms with Crippen LogP contribution in [-0.4, -0.2) is 33.5 Å². The number of amides is 1. The highest BCUT2D eigenvalue weighted by Crippen LogP contribution is 2.22. The Morgan fingerprint density at radius 1 is 1.19 bits per heavy atom. The molecule has 1 amide bonds. The monoisotopic (exact) mass is 372 g/mol. The number of nitrogens with one attached hydrogen (secondary N) is 1. The van der Waals surface area contributed by atoms with Crippen LogP contribution in [0.5, 0.6) is 0 Å².